The number of nitrogens with zero attached hydrogens (tertiary/aromatic N) is 9. The second kappa shape index (κ2) is 22.1. The summed E-state index contributed by atoms with van der Waals surface area (Å²) in [6, 6.07) is 11.2. The third-order valence-corrected chi connectivity index (χ3v) is 9.48. The predicted octanol–water partition coefficient (Wildman–Crippen LogP) is 7.26. The molecule has 2 amide bonds. The minimum Gasteiger partial charge on any atom is -0.495 e. The SMILES string of the molecule is C.C.COc1cc(N2CCN(C(=O)CCl)CC2)ccc1Cl.COc1cc(N2CCN(C(=O)Cn3nc(C(F)(F)F)nc3C)CC2)ccc1Cl.Cc1nc(C(F)(F)F)n[nH]1. The van der Waals surface area contributed by atoms with Crippen LogP contribution in [0.1, 0.15) is 38.2 Å². The van der Waals surface area contributed by atoms with Crippen LogP contribution in [0.5, 0.6) is 11.5 Å². The van der Waals surface area contributed by atoms with E-state index in [4.69, 9.17) is 44.3 Å². The van der Waals surface area contributed by atoms with Crippen LogP contribution in [0.3, 0.4) is 0 Å². The number of methoxy groups -OCH3 is 2. The number of carbonyl (C=O) groups is 2. The van der Waals surface area contributed by atoms with Gasteiger partial charge in [-0.2, -0.15) is 26.3 Å². The van der Waals surface area contributed by atoms with E-state index >= 15 is 0 Å². The zero-order valence-corrected chi connectivity index (χ0v) is 33.4. The minimum absolute atomic E-state index is 0. The van der Waals surface area contributed by atoms with Crippen LogP contribution in [0.15, 0.2) is 36.4 Å². The first-order chi connectivity index (χ1) is 26.8. The zero-order valence-electron chi connectivity index (χ0n) is 31.1. The molecule has 59 heavy (non-hydrogen) atoms. The van der Waals surface area contributed by atoms with Crippen LogP contribution in [0, 0.1) is 13.8 Å². The summed E-state index contributed by atoms with van der Waals surface area (Å²) in [6.45, 7) is 7.54. The summed E-state index contributed by atoms with van der Waals surface area (Å²) >= 11 is 17.6. The van der Waals surface area contributed by atoms with Crippen LogP contribution in [-0.2, 0) is 28.5 Å². The van der Waals surface area contributed by atoms with Crippen LogP contribution < -0.4 is 19.3 Å². The number of halogens is 9. The molecular formula is C36H47Cl3F6N10O4. The average Bonchev–Trinajstić information content (AvgIpc) is 3.81. The molecule has 4 heterocycles. The molecule has 0 aliphatic carbocycles. The largest absolute Gasteiger partial charge is 0.495 e. The standard InChI is InChI=1S/C17H19ClF3N5O2.C13H16Cl2N2O2.C4H4F3N3.2CH4/c1-11-22-16(17(19,20)21)23-26(11)10-15(27)25-7-5-24(6-8-25)12-3-4-13(18)14(9-12)28-2;1-19-12-8-10(2-3-11(12)15)16-4-6-17(7-5-16)13(18)9-14;1-2-8-3(10-9-2)4(5,6)7;;/h3-4,9H,5-8,10H2,1-2H3;2-3,8H,4-7,9H2,1H3;1H3,(H,8,9,10);2*1H4. The number of hydrogen-bond acceptors (Lipinski definition) is 10. The minimum atomic E-state index is -4.63. The number of hydrogen-bond donors (Lipinski definition) is 1. The molecule has 2 fully saturated rings. The highest BCUT2D eigenvalue weighted by Crippen LogP contribution is 2.31. The van der Waals surface area contributed by atoms with Gasteiger partial charge in [-0.15, -0.1) is 21.8 Å². The monoisotopic (exact) mass is 902 g/mol. The van der Waals surface area contributed by atoms with Crippen LogP contribution >= 0.6 is 34.8 Å². The Morgan fingerprint density at radius 3 is 1.49 bits per heavy atom. The lowest BCUT2D eigenvalue weighted by Crippen LogP contribution is -2.49. The van der Waals surface area contributed by atoms with E-state index in [1.807, 2.05) is 30.3 Å². The lowest BCUT2D eigenvalue weighted by molar-refractivity contribution is -0.145. The molecule has 0 atom stereocenters. The molecule has 0 spiro atoms. The number of aromatic amines is 1. The summed E-state index contributed by atoms with van der Waals surface area (Å²) in [6.07, 6.45) is -9.07. The third-order valence-electron chi connectivity index (χ3n) is 8.62. The highest BCUT2D eigenvalue weighted by Gasteiger charge is 2.37. The van der Waals surface area contributed by atoms with E-state index in [2.05, 4.69) is 35.1 Å². The first-order valence-corrected chi connectivity index (χ1v) is 18.4. The highest BCUT2D eigenvalue weighted by atomic mass is 35.5. The maximum absolute atomic E-state index is 12.7. The number of anilines is 2. The normalized spacial score (nSPS) is 14.2. The van der Waals surface area contributed by atoms with Gasteiger partial charge in [-0.1, -0.05) is 38.1 Å². The van der Waals surface area contributed by atoms with E-state index in [1.54, 1.807) is 23.0 Å². The molecule has 328 valence electrons. The smallest absolute Gasteiger partial charge is 0.453 e. The van der Waals surface area contributed by atoms with Gasteiger partial charge in [-0.3, -0.25) is 14.7 Å². The first-order valence-electron chi connectivity index (χ1n) is 17.1. The van der Waals surface area contributed by atoms with Crippen molar-refractivity contribution in [1.82, 2.24) is 39.7 Å². The molecule has 6 rings (SSSR count). The van der Waals surface area contributed by atoms with Gasteiger partial charge in [-0.05, 0) is 38.1 Å². The predicted molar refractivity (Wildman–Crippen MR) is 214 cm³/mol. The molecule has 2 aliphatic heterocycles. The van der Waals surface area contributed by atoms with E-state index in [0.717, 1.165) is 29.1 Å². The molecule has 2 aliphatic rings. The van der Waals surface area contributed by atoms with Crippen molar-refractivity contribution in [3.63, 3.8) is 0 Å². The topological polar surface area (TPSA) is 138 Å². The summed E-state index contributed by atoms with van der Waals surface area (Å²) in [7, 11) is 3.14. The maximum atomic E-state index is 12.7. The Labute approximate surface area is 353 Å². The molecule has 0 radical (unpaired) electrons. The molecule has 4 aromatic rings. The van der Waals surface area contributed by atoms with Crippen LogP contribution in [0.25, 0.3) is 0 Å². The Hall–Kier alpha value is -4.69. The lowest BCUT2D eigenvalue weighted by Gasteiger charge is -2.36. The molecule has 0 unspecified atom stereocenters. The van der Waals surface area contributed by atoms with Crippen LogP contribution in [0.2, 0.25) is 10.0 Å². The average molecular weight is 904 g/mol. The number of alkyl halides is 7. The van der Waals surface area contributed by atoms with E-state index in [1.165, 1.54) is 21.0 Å². The van der Waals surface area contributed by atoms with Crippen molar-refractivity contribution in [3.8, 4) is 11.5 Å². The van der Waals surface area contributed by atoms with Crippen molar-refractivity contribution in [2.45, 2.75) is 47.6 Å². The van der Waals surface area contributed by atoms with Gasteiger partial charge in [0.1, 0.15) is 35.6 Å². The van der Waals surface area contributed by atoms with Crippen molar-refractivity contribution in [2.75, 3.05) is 82.3 Å². The molecule has 14 nitrogen and oxygen atoms in total. The Balaban J connectivity index is 0.000000334. The van der Waals surface area contributed by atoms with Gasteiger partial charge >= 0.3 is 12.4 Å². The molecule has 2 aromatic heterocycles. The Bertz CT molecular complexity index is 1970. The zero-order chi connectivity index (χ0) is 42.1. The number of H-pyrrole nitrogens is 1. The Morgan fingerprint density at radius 1 is 0.712 bits per heavy atom. The number of nitrogens with one attached hydrogen (secondary N) is 1. The van der Waals surface area contributed by atoms with Gasteiger partial charge in [0.05, 0.1) is 24.3 Å². The fourth-order valence-corrected chi connectivity index (χ4v) is 6.15. The van der Waals surface area contributed by atoms with Gasteiger partial charge < -0.3 is 29.1 Å². The number of rotatable bonds is 7. The fourth-order valence-electron chi connectivity index (χ4n) is 5.59. The van der Waals surface area contributed by atoms with E-state index < -0.39 is 24.0 Å². The second-order valence-corrected chi connectivity index (χ2v) is 13.5. The number of ether oxygens (including phenoxy) is 2. The summed E-state index contributed by atoms with van der Waals surface area (Å²) in [5.74, 6) is -1.16. The van der Waals surface area contributed by atoms with Crippen molar-refractivity contribution in [3.05, 3.63) is 69.7 Å². The lowest BCUT2D eigenvalue weighted by atomic mass is 10.2. The Morgan fingerprint density at radius 2 is 1.15 bits per heavy atom. The first kappa shape index (κ1) is 50.5. The molecule has 23 heteroatoms. The van der Waals surface area contributed by atoms with Crippen molar-refractivity contribution < 1.29 is 45.4 Å². The number of piperazine rings is 2. The number of benzene rings is 2. The molecule has 0 bridgehead atoms. The van der Waals surface area contributed by atoms with E-state index in [0.29, 0.717) is 60.8 Å². The van der Waals surface area contributed by atoms with Gasteiger partial charge in [0.2, 0.25) is 11.8 Å². The quantitative estimate of drug-likeness (QED) is 0.149. The van der Waals surface area contributed by atoms with Crippen molar-refractivity contribution in [1.29, 1.82) is 0 Å². The maximum Gasteiger partial charge on any atom is 0.453 e. The van der Waals surface area contributed by atoms with Gasteiger partial charge in [-0.25, -0.2) is 14.6 Å². The summed E-state index contributed by atoms with van der Waals surface area (Å²) < 4.78 is 84.5. The van der Waals surface area contributed by atoms with E-state index in [9.17, 15) is 35.9 Å². The summed E-state index contributed by atoms with van der Waals surface area (Å²) in [5, 5.41) is 9.54. The van der Waals surface area contributed by atoms with Crippen molar-refractivity contribution in [2.24, 2.45) is 0 Å². The fraction of sp³-hybridized carbons (Fsp3) is 0.500. The Kier molecular flexibility index (Phi) is 18.9. The number of carbonyl (C=O) groups excluding carboxylic acids is 2. The van der Waals surface area contributed by atoms with Gasteiger partial charge in [0, 0.05) is 75.9 Å². The second-order valence-electron chi connectivity index (χ2n) is 12.4. The third kappa shape index (κ3) is 13.9. The summed E-state index contributed by atoms with van der Waals surface area (Å²) in [4.78, 5) is 38.1. The molecule has 2 saturated heterocycles. The van der Waals surface area contributed by atoms with Gasteiger partial charge in [0.25, 0.3) is 11.6 Å². The van der Waals surface area contributed by atoms with Gasteiger partial charge in [0.15, 0.2) is 0 Å². The number of amides is 2. The number of aryl methyl sites for hydroxylation is 2. The summed E-state index contributed by atoms with van der Waals surface area (Å²) in [5.41, 5.74) is 1.98. The molecule has 2 aromatic carbocycles. The number of aromatic nitrogens is 6. The van der Waals surface area contributed by atoms with E-state index in [-0.39, 0.29) is 50.7 Å². The highest BCUT2D eigenvalue weighted by molar-refractivity contribution is 6.32. The van der Waals surface area contributed by atoms with Crippen LogP contribution in [0.4, 0.5) is 37.7 Å². The molecular weight excluding hydrogens is 857 g/mol. The molecule has 0 saturated carbocycles. The van der Waals surface area contributed by atoms with Crippen LogP contribution in [-0.4, -0.2) is 124 Å². The molecule has 1 N–H and O–H groups in total. The van der Waals surface area contributed by atoms with Crippen molar-refractivity contribution >= 4 is 58.0 Å².